The Hall–Kier alpha value is -2.59. The molecule has 0 atom stereocenters. The number of rotatable bonds is 6. The molecule has 122 valence electrons. The predicted molar refractivity (Wildman–Crippen MR) is 94.8 cm³/mol. The molecule has 0 aliphatic carbocycles. The van der Waals surface area contributed by atoms with E-state index in [4.69, 9.17) is 11.6 Å². The fourth-order valence-corrected chi connectivity index (χ4v) is 2.73. The molecule has 0 aliphatic heterocycles. The van der Waals surface area contributed by atoms with E-state index in [1.807, 2.05) is 47.2 Å². The minimum atomic E-state index is -0.0412. The van der Waals surface area contributed by atoms with Gasteiger partial charge in [0.1, 0.15) is 0 Å². The zero-order chi connectivity index (χ0) is 16.8. The molecule has 0 fully saturated rings. The van der Waals surface area contributed by atoms with Crippen LogP contribution in [0.2, 0.25) is 5.02 Å². The van der Waals surface area contributed by atoms with E-state index in [9.17, 15) is 4.79 Å². The third-order valence-electron chi connectivity index (χ3n) is 3.82. The van der Waals surface area contributed by atoms with Crippen molar-refractivity contribution < 1.29 is 4.79 Å². The summed E-state index contributed by atoms with van der Waals surface area (Å²) in [6.07, 6.45) is 5.75. The molecule has 0 bridgehead atoms. The number of halogens is 1. The zero-order valence-electron chi connectivity index (χ0n) is 13.2. The van der Waals surface area contributed by atoms with Gasteiger partial charge in [-0.3, -0.25) is 4.79 Å². The molecule has 24 heavy (non-hydrogen) atoms. The van der Waals surface area contributed by atoms with Crippen LogP contribution < -0.4 is 5.32 Å². The van der Waals surface area contributed by atoms with Crippen molar-refractivity contribution in [1.29, 1.82) is 0 Å². The van der Waals surface area contributed by atoms with Gasteiger partial charge in [0.25, 0.3) is 0 Å². The van der Waals surface area contributed by atoms with Gasteiger partial charge in [-0.25, -0.2) is 4.98 Å². The number of aromatic nitrogens is 2. The Kier molecular flexibility index (Phi) is 5.29. The Morgan fingerprint density at radius 1 is 1.04 bits per heavy atom. The molecule has 0 unspecified atom stereocenters. The second-order valence-electron chi connectivity index (χ2n) is 5.55. The average molecular weight is 340 g/mol. The molecule has 0 saturated carbocycles. The smallest absolute Gasteiger partial charge is 0.224 e. The Labute approximate surface area is 146 Å². The fraction of sp³-hybridized carbons (Fsp3) is 0.158. The average Bonchev–Trinajstić information content (AvgIpc) is 3.09. The molecule has 3 aromatic rings. The number of nitrogens with zero attached hydrogens (tertiary/aromatic N) is 2. The molecule has 1 aromatic heterocycles. The molecule has 1 amide bonds. The molecule has 1 heterocycles. The highest BCUT2D eigenvalue weighted by Crippen LogP contribution is 2.15. The maximum Gasteiger partial charge on any atom is 0.224 e. The summed E-state index contributed by atoms with van der Waals surface area (Å²) in [5.74, 6) is -0.0412. The number of carbonyl (C=O) groups is 1. The van der Waals surface area contributed by atoms with Gasteiger partial charge in [0.15, 0.2) is 0 Å². The Balaban J connectivity index is 1.62. The largest absolute Gasteiger partial charge is 0.352 e. The number of hydrogen-bond donors (Lipinski definition) is 1. The molecule has 0 aliphatic rings. The van der Waals surface area contributed by atoms with E-state index in [0.717, 1.165) is 23.2 Å². The molecule has 3 rings (SSSR count). The maximum atomic E-state index is 12.2. The summed E-state index contributed by atoms with van der Waals surface area (Å²) < 4.78 is 2.00. The van der Waals surface area contributed by atoms with Crippen LogP contribution >= 0.6 is 11.6 Å². The first kappa shape index (κ1) is 16.3. The van der Waals surface area contributed by atoms with Gasteiger partial charge in [-0.05, 0) is 22.8 Å². The Morgan fingerprint density at radius 3 is 2.46 bits per heavy atom. The first-order valence-corrected chi connectivity index (χ1v) is 8.13. The molecule has 4 nitrogen and oxygen atoms in total. The van der Waals surface area contributed by atoms with Crippen LogP contribution in [0.25, 0.3) is 0 Å². The number of benzene rings is 2. The van der Waals surface area contributed by atoms with E-state index in [-0.39, 0.29) is 12.3 Å². The van der Waals surface area contributed by atoms with Gasteiger partial charge >= 0.3 is 0 Å². The number of hydrogen-bond acceptors (Lipinski definition) is 2. The van der Waals surface area contributed by atoms with Gasteiger partial charge in [-0.2, -0.15) is 0 Å². The van der Waals surface area contributed by atoms with Gasteiger partial charge in [-0.15, -0.1) is 0 Å². The summed E-state index contributed by atoms with van der Waals surface area (Å²) in [6.45, 7) is 1.23. The van der Waals surface area contributed by atoms with Crippen LogP contribution in [0.4, 0.5) is 0 Å². The Bertz CT molecular complexity index is 815. The van der Waals surface area contributed by atoms with Crippen LogP contribution in [-0.2, 0) is 24.3 Å². The van der Waals surface area contributed by atoms with Crippen molar-refractivity contribution in [2.75, 3.05) is 0 Å². The summed E-state index contributed by atoms with van der Waals surface area (Å²) in [6, 6.07) is 15.5. The van der Waals surface area contributed by atoms with Crippen molar-refractivity contribution in [3.8, 4) is 0 Å². The Morgan fingerprint density at radius 2 is 1.75 bits per heavy atom. The number of amides is 1. The minimum Gasteiger partial charge on any atom is -0.352 e. The van der Waals surface area contributed by atoms with E-state index < -0.39 is 0 Å². The first-order valence-electron chi connectivity index (χ1n) is 7.75. The molecular formula is C19H18ClN3O. The number of imidazole rings is 1. The van der Waals surface area contributed by atoms with E-state index in [2.05, 4.69) is 16.4 Å². The second-order valence-corrected chi connectivity index (χ2v) is 5.96. The van der Waals surface area contributed by atoms with Crippen molar-refractivity contribution in [3.05, 3.63) is 89.0 Å². The topological polar surface area (TPSA) is 46.9 Å². The standard InChI is InChI=1S/C19H18ClN3O/c20-18-8-4-3-5-15(18)11-19(24)22-12-16-6-1-2-7-17(16)13-23-10-9-21-14-23/h1-10,14H,11-13H2,(H,22,24). The summed E-state index contributed by atoms with van der Waals surface area (Å²) in [5.41, 5.74) is 3.09. The predicted octanol–water partition coefficient (Wildman–Crippen LogP) is 3.44. The van der Waals surface area contributed by atoms with Crippen LogP contribution in [0.3, 0.4) is 0 Å². The van der Waals surface area contributed by atoms with Crippen LogP contribution in [0.5, 0.6) is 0 Å². The molecule has 0 radical (unpaired) electrons. The van der Waals surface area contributed by atoms with Gasteiger partial charge in [0.05, 0.1) is 12.7 Å². The SMILES string of the molecule is O=C(Cc1ccccc1Cl)NCc1ccccc1Cn1ccnc1. The second kappa shape index (κ2) is 7.79. The van der Waals surface area contributed by atoms with E-state index in [1.165, 1.54) is 0 Å². The minimum absolute atomic E-state index is 0.0412. The summed E-state index contributed by atoms with van der Waals surface area (Å²) in [5, 5.41) is 3.59. The fourth-order valence-electron chi connectivity index (χ4n) is 2.53. The highest BCUT2D eigenvalue weighted by molar-refractivity contribution is 6.31. The monoisotopic (exact) mass is 339 g/mol. The zero-order valence-corrected chi connectivity index (χ0v) is 13.9. The van der Waals surface area contributed by atoms with Crippen LogP contribution in [0.1, 0.15) is 16.7 Å². The van der Waals surface area contributed by atoms with Crippen LogP contribution in [-0.4, -0.2) is 15.5 Å². The molecule has 2 aromatic carbocycles. The van der Waals surface area contributed by atoms with Gasteiger partial charge in [0.2, 0.25) is 5.91 Å². The maximum absolute atomic E-state index is 12.2. The van der Waals surface area contributed by atoms with Gasteiger partial charge in [0, 0.05) is 30.5 Å². The lowest BCUT2D eigenvalue weighted by Crippen LogP contribution is -2.25. The molecule has 0 saturated heterocycles. The normalized spacial score (nSPS) is 10.5. The third kappa shape index (κ3) is 4.24. The summed E-state index contributed by atoms with van der Waals surface area (Å²) in [4.78, 5) is 16.2. The van der Waals surface area contributed by atoms with E-state index >= 15 is 0 Å². The lowest BCUT2D eigenvalue weighted by molar-refractivity contribution is -0.120. The van der Waals surface area contributed by atoms with E-state index in [0.29, 0.717) is 11.6 Å². The van der Waals surface area contributed by atoms with Crippen molar-refractivity contribution in [2.24, 2.45) is 0 Å². The first-order chi connectivity index (χ1) is 11.7. The molecule has 1 N–H and O–H groups in total. The van der Waals surface area contributed by atoms with Crippen LogP contribution in [0, 0.1) is 0 Å². The number of nitrogens with one attached hydrogen (secondary N) is 1. The van der Waals surface area contributed by atoms with Crippen molar-refractivity contribution in [2.45, 2.75) is 19.5 Å². The van der Waals surface area contributed by atoms with Gasteiger partial charge in [-0.1, -0.05) is 54.1 Å². The number of carbonyl (C=O) groups excluding carboxylic acids is 1. The molecule has 0 spiro atoms. The van der Waals surface area contributed by atoms with Crippen molar-refractivity contribution in [1.82, 2.24) is 14.9 Å². The lowest BCUT2D eigenvalue weighted by atomic mass is 10.1. The summed E-state index contributed by atoms with van der Waals surface area (Å²) >= 11 is 6.10. The quantitative estimate of drug-likeness (QED) is 0.747. The van der Waals surface area contributed by atoms with Gasteiger partial charge < -0.3 is 9.88 Å². The molecule has 5 heteroatoms. The highest BCUT2D eigenvalue weighted by Gasteiger charge is 2.08. The van der Waals surface area contributed by atoms with Crippen molar-refractivity contribution in [3.63, 3.8) is 0 Å². The third-order valence-corrected chi connectivity index (χ3v) is 4.18. The van der Waals surface area contributed by atoms with Crippen LogP contribution in [0.15, 0.2) is 67.3 Å². The van der Waals surface area contributed by atoms with Crippen molar-refractivity contribution >= 4 is 17.5 Å². The van der Waals surface area contributed by atoms with E-state index in [1.54, 1.807) is 18.6 Å². The lowest BCUT2D eigenvalue weighted by Gasteiger charge is -2.11. The summed E-state index contributed by atoms with van der Waals surface area (Å²) in [7, 11) is 0. The highest BCUT2D eigenvalue weighted by atomic mass is 35.5. The molecular weight excluding hydrogens is 322 g/mol.